The lowest BCUT2D eigenvalue weighted by Crippen LogP contribution is -2.33. The summed E-state index contributed by atoms with van der Waals surface area (Å²) >= 11 is 0. The average molecular weight is 554 g/mol. The maximum Gasteiger partial charge on any atom is 0.339 e. The lowest BCUT2D eigenvalue weighted by molar-refractivity contribution is -0.139. The van der Waals surface area contributed by atoms with E-state index in [2.05, 4.69) is 5.32 Å². The number of carbonyl (C=O) groups is 4. The largest absolute Gasteiger partial charge is 0.496 e. The molecule has 0 radical (unpaired) electrons. The fourth-order valence-corrected chi connectivity index (χ4v) is 4.25. The van der Waals surface area contributed by atoms with Crippen molar-refractivity contribution in [2.24, 2.45) is 0 Å². The van der Waals surface area contributed by atoms with Gasteiger partial charge in [-0.25, -0.2) is 14.1 Å². The van der Waals surface area contributed by atoms with Crippen LogP contribution in [0, 0.1) is 5.82 Å². The average Bonchev–Trinajstić information content (AvgIpc) is 3.20. The quantitative estimate of drug-likeness (QED) is 0.230. The third-order valence-electron chi connectivity index (χ3n) is 6.34. The lowest BCUT2D eigenvalue weighted by Gasteiger charge is -2.17. The Labute approximate surface area is 234 Å². The number of nitrogens with zero attached hydrogens (tertiary/aromatic N) is 2. The van der Waals surface area contributed by atoms with E-state index < -0.39 is 23.8 Å². The summed E-state index contributed by atoms with van der Waals surface area (Å²) in [5, 5.41) is 2.83. The third kappa shape index (κ3) is 5.91. The fourth-order valence-electron chi connectivity index (χ4n) is 4.25. The summed E-state index contributed by atoms with van der Waals surface area (Å²) < 4.78 is 24.1. The zero-order valence-corrected chi connectivity index (χ0v) is 21.9. The summed E-state index contributed by atoms with van der Waals surface area (Å²) in [6.07, 6.45) is 0. The minimum Gasteiger partial charge on any atom is -0.496 e. The Bertz CT molecular complexity index is 1610. The summed E-state index contributed by atoms with van der Waals surface area (Å²) in [5.74, 6) is -1.33. The summed E-state index contributed by atoms with van der Waals surface area (Å²) in [5.41, 5.74) is 1.75. The van der Waals surface area contributed by atoms with Crippen molar-refractivity contribution in [3.8, 4) is 17.2 Å². The molecule has 0 aromatic heterocycles. The predicted octanol–water partition coefficient (Wildman–Crippen LogP) is 5.05. The van der Waals surface area contributed by atoms with Crippen LogP contribution < -0.4 is 19.7 Å². The van der Waals surface area contributed by atoms with E-state index >= 15 is 0 Å². The van der Waals surface area contributed by atoms with Gasteiger partial charge < -0.3 is 14.8 Å². The number of imide groups is 2. The van der Waals surface area contributed by atoms with E-state index in [1.165, 1.54) is 37.4 Å². The van der Waals surface area contributed by atoms with Gasteiger partial charge in [-0.15, -0.1) is 0 Å². The Morgan fingerprint density at radius 1 is 0.805 bits per heavy atom. The molecule has 206 valence electrons. The molecule has 0 bridgehead atoms. The molecule has 5 amide bonds. The Hall–Kier alpha value is -5.51. The van der Waals surface area contributed by atoms with Gasteiger partial charge in [0.05, 0.1) is 24.9 Å². The molecule has 4 aromatic carbocycles. The van der Waals surface area contributed by atoms with E-state index in [1.54, 1.807) is 66.7 Å². The Morgan fingerprint density at radius 3 is 2.10 bits per heavy atom. The summed E-state index contributed by atoms with van der Waals surface area (Å²) in [7, 11) is 1.43. The van der Waals surface area contributed by atoms with Gasteiger partial charge in [0.15, 0.2) is 0 Å². The van der Waals surface area contributed by atoms with Crippen LogP contribution in [0.5, 0.6) is 17.2 Å². The highest BCUT2D eigenvalue weighted by Gasteiger charge is 2.45. The number of anilines is 1. The summed E-state index contributed by atoms with van der Waals surface area (Å²) in [6, 6.07) is 24.8. The number of carbonyl (C=O) groups excluding carboxylic acids is 4. The van der Waals surface area contributed by atoms with Crippen molar-refractivity contribution >= 4 is 29.4 Å². The molecule has 0 saturated carbocycles. The van der Waals surface area contributed by atoms with E-state index in [4.69, 9.17) is 9.47 Å². The van der Waals surface area contributed by atoms with Gasteiger partial charge in [-0.2, -0.15) is 0 Å². The Kier molecular flexibility index (Phi) is 7.73. The number of amides is 5. The van der Waals surface area contributed by atoms with Gasteiger partial charge in [0.2, 0.25) is 0 Å². The number of ether oxygens (including phenoxy) is 2. The molecular formula is C31H24FN3O6. The van der Waals surface area contributed by atoms with Crippen LogP contribution in [-0.2, 0) is 22.7 Å². The van der Waals surface area contributed by atoms with Crippen molar-refractivity contribution in [3.05, 3.63) is 120 Å². The monoisotopic (exact) mass is 553 g/mol. The molecule has 0 atom stereocenters. The first kappa shape index (κ1) is 27.1. The number of benzene rings is 4. The van der Waals surface area contributed by atoms with Crippen molar-refractivity contribution in [1.82, 2.24) is 10.2 Å². The highest BCUT2D eigenvalue weighted by atomic mass is 19.1. The highest BCUT2D eigenvalue weighted by molar-refractivity contribution is 6.52. The molecule has 1 aliphatic heterocycles. The minimum atomic E-state index is -0.951. The van der Waals surface area contributed by atoms with Crippen molar-refractivity contribution in [3.63, 3.8) is 0 Å². The Balaban J connectivity index is 1.25. The van der Waals surface area contributed by atoms with Crippen LogP contribution in [0.2, 0.25) is 0 Å². The first-order valence-corrected chi connectivity index (χ1v) is 12.6. The molecule has 5 rings (SSSR count). The highest BCUT2D eigenvalue weighted by Crippen LogP contribution is 2.26. The van der Waals surface area contributed by atoms with Crippen LogP contribution >= 0.6 is 0 Å². The molecule has 0 aliphatic carbocycles. The summed E-state index contributed by atoms with van der Waals surface area (Å²) in [4.78, 5) is 52.9. The molecule has 1 N–H and O–H groups in total. The first-order chi connectivity index (χ1) is 19.8. The molecule has 4 aromatic rings. The molecule has 1 fully saturated rings. The van der Waals surface area contributed by atoms with Gasteiger partial charge in [-0.05, 0) is 71.8 Å². The second-order valence-corrected chi connectivity index (χ2v) is 9.07. The van der Waals surface area contributed by atoms with Crippen LogP contribution in [0.4, 0.5) is 14.9 Å². The molecule has 10 heteroatoms. The Morgan fingerprint density at radius 2 is 1.44 bits per heavy atom. The number of hydrogen-bond acceptors (Lipinski definition) is 6. The topological polar surface area (TPSA) is 105 Å². The van der Waals surface area contributed by atoms with E-state index in [-0.39, 0.29) is 24.5 Å². The zero-order valence-electron chi connectivity index (χ0n) is 21.9. The first-order valence-electron chi connectivity index (χ1n) is 12.6. The van der Waals surface area contributed by atoms with Gasteiger partial charge in [-0.3, -0.25) is 19.3 Å². The van der Waals surface area contributed by atoms with E-state index in [1.807, 2.05) is 0 Å². The number of rotatable bonds is 9. The lowest BCUT2D eigenvalue weighted by atomic mass is 10.1. The molecule has 9 nitrogen and oxygen atoms in total. The molecule has 1 aliphatic rings. The molecular weight excluding hydrogens is 529 g/mol. The fraction of sp³-hybridized carbons (Fsp3) is 0.0968. The SMILES string of the molecule is COc1ccc(CN2C(=O)C(=O)N(c3ccccc3)C2=O)cc1C(=O)NCc1ccc(Oc2ccc(F)cc2)cc1. The van der Waals surface area contributed by atoms with Crippen LogP contribution in [0.1, 0.15) is 21.5 Å². The van der Waals surface area contributed by atoms with Crippen molar-refractivity contribution in [1.29, 1.82) is 0 Å². The van der Waals surface area contributed by atoms with Gasteiger partial charge in [-0.1, -0.05) is 36.4 Å². The number of hydrogen-bond donors (Lipinski definition) is 1. The molecule has 1 heterocycles. The van der Waals surface area contributed by atoms with Crippen LogP contribution in [0.3, 0.4) is 0 Å². The number of urea groups is 1. The normalized spacial score (nSPS) is 13.0. The molecule has 0 spiro atoms. The maximum absolute atomic E-state index is 13.1. The maximum atomic E-state index is 13.1. The second kappa shape index (κ2) is 11.7. The van der Waals surface area contributed by atoms with Crippen LogP contribution in [0.15, 0.2) is 97.1 Å². The summed E-state index contributed by atoms with van der Waals surface area (Å²) in [6.45, 7) is -0.000784. The number of methoxy groups -OCH3 is 1. The number of nitrogens with one attached hydrogen (secondary N) is 1. The van der Waals surface area contributed by atoms with Crippen LogP contribution in [-0.4, -0.2) is 35.8 Å². The predicted molar refractivity (Wildman–Crippen MR) is 147 cm³/mol. The standard InChI is InChI=1S/C31H24FN3O6/c1-40-27-16-9-21(19-34-29(37)30(38)35(31(34)39)23-5-3-2-4-6-23)17-26(27)28(36)33-18-20-7-12-24(13-8-20)41-25-14-10-22(32)11-15-25/h2-17H,18-19H2,1H3,(H,33,36). The van der Waals surface area contributed by atoms with Crippen molar-refractivity contribution in [2.45, 2.75) is 13.1 Å². The molecule has 0 unspecified atom stereocenters. The molecule has 1 saturated heterocycles. The van der Waals surface area contributed by atoms with Gasteiger partial charge in [0.25, 0.3) is 5.91 Å². The van der Waals surface area contributed by atoms with E-state index in [9.17, 15) is 23.6 Å². The van der Waals surface area contributed by atoms with Gasteiger partial charge in [0.1, 0.15) is 23.1 Å². The van der Waals surface area contributed by atoms with E-state index in [0.717, 1.165) is 15.4 Å². The smallest absolute Gasteiger partial charge is 0.339 e. The number of para-hydroxylation sites is 1. The number of halogens is 1. The molecule has 41 heavy (non-hydrogen) atoms. The van der Waals surface area contributed by atoms with Gasteiger partial charge in [0, 0.05) is 6.54 Å². The van der Waals surface area contributed by atoms with Crippen molar-refractivity contribution < 1.29 is 33.0 Å². The third-order valence-corrected chi connectivity index (χ3v) is 6.34. The van der Waals surface area contributed by atoms with Crippen molar-refractivity contribution in [2.75, 3.05) is 12.0 Å². The minimum absolute atomic E-state index is 0.201. The van der Waals surface area contributed by atoms with E-state index in [0.29, 0.717) is 28.5 Å². The van der Waals surface area contributed by atoms with Gasteiger partial charge >= 0.3 is 17.8 Å². The van der Waals surface area contributed by atoms with Crippen LogP contribution in [0.25, 0.3) is 0 Å². The zero-order chi connectivity index (χ0) is 28.9. The second-order valence-electron chi connectivity index (χ2n) is 9.07.